The normalized spacial score (nSPS) is 33.2. The first-order valence-corrected chi connectivity index (χ1v) is 4.67. The standard InChI is InChI=1S/C8H13N3O3/c9-5-4-10-3-1-2-6(8(13)14)11(10)7(5)12/h5-6H,1-4,9H2,(H,13,14). The van der Waals surface area contributed by atoms with Crippen molar-refractivity contribution in [3.8, 4) is 0 Å². The molecule has 2 atom stereocenters. The highest BCUT2D eigenvalue weighted by atomic mass is 16.4. The van der Waals surface area contributed by atoms with Crippen LogP contribution in [-0.4, -0.2) is 52.2 Å². The number of hydrogen-bond donors (Lipinski definition) is 2. The van der Waals surface area contributed by atoms with Crippen LogP contribution in [-0.2, 0) is 9.59 Å². The van der Waals surface area contributed by atoms with E-state index in [0.717, 1.165) is 13.0 Å². The van der Waals surface area contributed by atoms with Crippen molar-refractivity contribution in [3.05, 3.63) is 0 Å². The minimum absolute atomic E-state index is 0.267. The summed E-state index contributed by atoms with van der Waals surface area (Å²) in [5, 5.41) is 12.0. The molecular weight excluding hydrogens is 186 g/mol. The molecule has 6 nitrogen and oxygen atoms in total. The number of nitrogens with zero attached hydrogens (tertiary/aromatic N) is 2. The molecule has 78 valence electrons. The summed E-state index contributed by atoms with van der Waals surface area (Å²) in [5.41, 5.74) is 5.57. The molecule has 0 bridgehead atoms. The Bertz CT molecular complexity index is 281. The van der Waals surface area contributed by atoms with Crippen LogP contribution in [0, 0.1) is 0 Å². The van der Waals surface area contributed by atoms with Crippen LogP contribution < -0.4 is 5.73 Å². The van der Waals surface area contributed by atoms with E-state index in [1.807, 2.05) is 0 Å². The number of carbonyl (C=O) groups excluding carboxylic acids is 1. The second kappa shape index (κ2) is 3.21. The number of fused-ring (bicyclic) bond motifs is 1. The van der Waals surface area contributed by atoms with Gasteiger partial charge in [-0.1, -0.05) is 0 Å². The molecule has 0 aromatic carbocycles. The van der Waals surface area contributed by atoms with Gasteiger partial charge in [0.25, 0.3) is 5.91 Å². The van der Waals surface area contributed by atoms with Gasteiger partial charge in [-0.3, -0.25) is 9.80 Å². The number of hydrogen-bond acceptors (Lipinski definition) is 4. The minimum Gasteiger partial charge on any atom is -0.480 e. The van der Waals surface area contributed by atoms with Crippen molar-refractivity contribution in [2.24, 2.45) is 5.73 Å². The topological polar surface area (TPSA) is 86.9 Å². The highest BCUT2D eigenvalue weighted by molar-refractivity contribution is 5.88. The molecule has 2 unspecified atom stereocenters. The lowest BCUT2D eigenvalue weighted by Gasteiger charge is -2.36. The molecule has 6 heteroatoms. The van der Waals surface area contributed by atoms with E-state index >= 15 is 0 Å². The second-order valence-corrected chi connectivity index (χ2v) is 3.70. The molecule has 0 aromatic heterocycles. The van der Waals surface area contributed by atoms with Crippen molar-refractivity contribution in [1.82, 2.24) is 10.0 Å². The predicted molar refractivity (Wildman–Crippen MR) is 47.1 cm³/mol. The first kappa shape index (κ1) is 9.42. The van der Waals surface area contributed by atoms with E-state index in [1.165, 1.54) is 5.01 Å². The Labute approximate surface area is 81.2 Å². The summed E-state index contributed by atoms with van der Waals surface area (Å²) in [6, 6.07) is -1.28. The Morgan fingerprint density at radius 3 is 2.93 bits per heavy atom. The Hall–Kier alpha value is -1.14. The van der Waals surface area contributed by atoms with Crippen LogP contribution in [0.15, 0.2) is 0 Å². The molecule has 2 fully saturated rings. The van der Waals surface area contributed by atoms with Crippen molar-refractivity contribution in [2.75, 3.05) is 13.1 Å². The molecule has 2 aliphatic rings. The van der Waals surface area contributed by atoms with Crippen molar-refractivity contribution in [2.45, 2.75) is 24.9 Å². The third-order valence-electron chi connectivity index (χ3n) is 2.73. The fourth-order valence-corrected chi connectivity index (χ4v) is 2.07. The number of carboxylic acid groups (broad SMARTS) is 1. The van der Waals surface area contributed by atoms with Crippen LogP contribution in [0.4, 0.5) is 0 Å². The molecule has 0 spiro atoms. The van der Waals surface area contributed by atoms with Crippen LogP contribution in [0.1, 0.15) is 12.8 Å². The van der Waals surface area contributed by atoms with Crippen LogP contribution in [0.3, 0.4) is 0 Å². The van der Waals surface area contributed by atoms with E-state index in [2.05, 4.69) is 0 Å². The lowest BCUT2D eigenvalue weighted by molar-refractivity contribution is -0.164. The monoisotopic (exact) mass is 199 g/mol. The number of nitrogens with two attached hydrogens (primary N) is 1. The third-order valence-corrected chi connectivity index (χ3v) is 2.73. The molecule has 1 amide bonds. The van der Waals surface area contributed by atoms with Gasteiger partial charge in [0.05, 0.1) is 0 Å². The number of aliphatic carboxylic acids is 1. The zero-order valence-corrected chi connectivity index (χ0v) is 7.72. The fourth-order valence-electron chi connectivity index (χ4n) is 2.07. The summed E-state index contributed by atoms with van der Waals surface area (Å²) >= 11 is 0. The molecule has 0 radical (unpaired) electrons. The second-order valence-electron chi connectivity index (χ2n) is 3.70. The van der Waals surface area contributed by atoms with Gasteiger partial charge in [0.1, 0.15) is 12.1 Å². The van der Waals surface area contributed by atoms with Crippen molar-refractivity contribution >= 4 is 11.9 Å². The van der Waals surface area contributed by atoms with Crippen molar-refractivity contribution in [3.63, 3.8) is 0 Å². The van der Waals surface area contributed by atoms with Crippen LogP contribution in [0.2, 0.25) is 0 Å². The van der Waals surface area contributed by atoms with Gasteiger partial charge in [0, 0.05) is 13.1 Å². The maximum Gasteiger partial charge on any atom is 0.328 e. The lowest BCUT2D eigenvalue weighted by Crippen LogP contribution is -2.53. The maximum atomic E-state index is 11.6. The highest BCUT2D eigenvalue weighted by Gasteiger charge is 2.44. The van der Waals surface area contributed by atoms with Gasteiger partial charge in [-0.15, -0.1) is 0 Å². The highest BCUT2D eigenvalue weighted by Crippen LogP contribution is 2.23. The molecule has 0 aliphatic carbocycles. The first-order chi connectivity index (χ1) is 6.61. The average Bonchev–Trinajstić information content (AvgIpc) is 2.43. The zero-order chi connectivity index (χ0) is 10.3. The molecular formula is C8H13N3O3. The van der Waals surface area contributed by atoms with Gasteiger partial charge in [-0.2, -0.15) is 0 Å². The number of carboxylic acids is 1. The summed E-state index contributed by atoms with van der Waals surface area (Å²) in [4.78, 5) is 22.4. The summed E-state index contributed by atoms with van der Waals surface area (Å²) in [5.74, 6) is -1.21. The molecule has 2 rings (SSSR count). The van der Waals surface area contributed by atoms with E-state index in [9.17, 15) is 9.59 Å². The Kier molecular flexibility index (Phi) is 2.16. The number of carbonyl (C=O) groups is 2. The molecule has 0 aromatic rings. The van der Waals surface area contributed by atoms with Crippen molar-refractivity contribution < 1.29 is 14.7 Å². The molecule has 2 heterocycles. The third kappa shape index (κ3) is 1.27. The summed E-state index contributed by atoms with van der Waals surface area (Å²) in [7, 11) is 0. The summed E-state index contributed by atoms with van der Waals surface area (Å²) in [6.07, 6.45) is 1.32. The van der Waals surface area contributed by atoms with Gasteiger partial charge in [-0.05, 0) is 12.8 Å². The molecule has 2 aliphatic heterocycles. The Balaban J connectivity index is 2.22. The number of rotatable bonds is 1. The van der Waals surface area contributed by atoms with Gasteiger partial charge in [0.2, 0.25) is 0 Å². The maximum absolute atomic E-state index is 11.6. The van der Waals surface area contributed by atoms with Gasteiger partial charge < -0.3 is 10.8 Å². The zero-order valence-electron chi connectivity index (χ0n) is 7.72. The molecule has 14 heavy (non-hydrogen) atoms. The lowest BCUT2D eigenvalue weighted by atomic mass is 10.1. The molecule has 2 saturated heterocycles. The minimum atomic E-state index is -0.947. The van der Waals surface area contributed by atoms with Gasteiger partial charge in [0.15, 0.2) is 0 Å². The SMILES string of the molecule is NC1CN2CCCC(C(=O)O)N2C1=O. The van der Waals surface area contributed by atoms with Crippen molar-refractivity contribution in [1.29, 1.82) is 0 Å². The van der Waals surface area contributed by atoms with E-state index in [1.54, 1.807) is 5.01 Å². The van der Waals surface area contributed by atoms with Gasteiger partial charge in [-0.25, -0.2) is 9.80 Å². The van der Waals surface area contributed by atoms with Crippen LogP contribution in [0.25, 0.3) is 0 Å². The average molecular weight is 199 g/mol. The fraction of sp³-hybridized carbons (Fsp3) is 0.750. The number of hydrazine groups is 1. The Morgan fingerprint density at radius 2 is 2.29 bits per heavy atom. The quantitative estimate of drug-likeness (QED) is 0.543. The van der Waals surface area contributed by atoms with E-state index in [-0.39, 0.29) is 5.91 Å². The molecule has 0 saturated carbocycles. The summed E-state index contributed by atoms with van der Waals surface area (Å²) < 4.78 is 0. The van der Waals surface area contributed by atoms with Crippen LogP contribution in [0.5, 0.6) is 0 Å². The van der Waals surface area contributed by atoms with Gasteiger partial charge >= 0.3 is 5.97 Å². The predicted octanol–water partition coefficient (Wildman–Crippen LogP) is -1.38. The summed E-state index contributed by atoms with van der Waals surface area (Å²) in [6.45, 7) is 1.17. The van der Waals surface area contributed by atoms with E-state index in [0.29, 0.717) is 13.0 Å². The van der Waals surface area contributed by atoms with E-state index < -0.39 is 18.1 Å². The Morgan fingerprint density at radius 1 is 1.57 bits per heavy atom. The smallest absolute Gasteiger partial charge is 0.328 e. The van der Waals surface area contributed by atoms with Crippen LogP contribution >= 0.6 is 0 Å². The molecule has 3 N–H and O–H groups in total. The van der Waals surface area contributed by atoms with E-state index in [4.69, 9.17) is 10.8 Å². The number of amides is 1. The first-order valence-electron chi connectivity index (χ1n) is 4.67. The largest absolute Gasteiger partial charge is 0.480 e.